The van der Waals surface area contributed by atoms with Crippen LogP contribution in [-0.4, -0.2) is 42.1 Å². The molecule has 1 amide bonds. The van der Waals surface area contributed by atoms with Crippen molar-refractivity contribution in [1.29, 1.82) is 0 Å². The van der Waals surface area contributed by atoms with E-state index in [1.54, 1.807) is 53.6 Å². The van der Waals surface area contributed by atoms with Gasteiger partial charge in [0, 0.05) is 30.8 Å². The van der Waals surface area contributed by atoms with Crippen LogP contribution in [0.3, 0.4) is 0 Å². The lowest BCUT2D eigenvalue weighted by atomic mass is 10.1. The van der Waals surface area contributed by atoms with Crippen molar-refractivity contribution in [2.45, 2.75) is 17.2 Å². The van der Waals surface area contributed by atoms with Crippen molar-refractivity contribution >= 4 is 33.0 Å². The van der Waals surface area contributed by atoms with Crippen molar-refractivity contribution in [2.24, 2.45) is 0 Å². The fraction of sp³-hybridized carbons (Fsp3) is 0.167. The summed E-state index contributed by atoms with van der Waals surface area (Å²) in [6.45, 7) is 0.381. The SMILES string of the molecule is COc1ccc(NC(=O)c2c3c(nn2-c2ccccc2)CCN(S(=O)(=O)c2cccs2)C3)cc1. The summed E-state index contributed by atoms with van der Waals surface area (Å²) >= 11 is 1.18. The van der Waals surface area contributed by atoms with Crippen LogP contribution >= 0.6 is 11.3 Å². The maximum absolute atomic E-state index is 13.5. The molecular weight excluding hydrogens is 472 g/mol. The van der Waals surface area contributed by atoms with Crippen LogP contribution in [0.4, 0.5) is 5.69 Å². The molecule has 0 fully saturated rings. The number of hydrogen-bond donors (Lipinski definition) is 1. The highest BCUT2D eigenvalue weighted by atomic mass is 32.2. The lowest BCUT2D eigenvalue weighted by molar-refractivity contribution is 0.101. The molecule has 5 rings (SSSR count). The van der Waals surface area contributed by atoms with E-state index in [2.05, 4.69) is 5.32 Å². The first-order chi connectivity index (χ1) is 16.5. The fourth-order valence-corrected chi connectivity index (χ4v) is 6.50. The first-order valence-electron chi connectivity index (χ1n) is 10.6. The Kier molecular flexibility index (Phi) is 5.94. The van der Waals surface area contributed by atoms with Gasteiger partial charge in [-0.25, -0.2) is 13.1 Å². The number of sulfonamides is 1. The number of nitrogens with zero attached hydrogens (tertiary/aromatic N) is 3. The van der Waals surface area contributed by atoms with Gasteiger partial charge in [0.25, 0.3) is 15.9 Å². The summed E-state index contributed by atoms with van der Waals surface area (Å²) in [5, 5.41) is 9.36. The first-order valence-corrected chi connectivity index (χ1v) is 12.9. The quantitative estimate of drug-likeness (QED) is 0.438. The third-order valence-corrected chi connectivity index (χ3v) is 8.87. The third kappa shape index (κ3) is 4.11. The Balaban J connectivity index is 1.54. The zero-order chi connectivity index (χ0) is 23.7. The molecule has 3 heterocycles. The Morgan fingerprint density at radius 1 is 1.06 bits per heavy atom. The Morgan fingerprint density at radius 2 is 1.82 bits per heavy atom. The molecule has 0 atom stereocenters. The van der Waals surface area contributed by atoms with Crippen LogP contribution < -0.4 is 10.1 Å². The van der Waals surface area contributed by atoms with E-state index < -0.39 is 10.0 Å². The Morgan fingerprint density at radius 3 is 2.50 bits per heavy atom. The highest BCUT2D eigenvalue weighted by Gasteiger charge is 2.34. The topological polar surface area (TPSA) is 93.5 Å². The van der Waals surface area contributed by atoms with Crippen LogP contribution in [-0.2, 0) is 23.0 Å². The van der Waals surface area contributed by atoms with Gasteiger partial charge in [0.2, 0.25) is 0 Å². The van der Waals surface area contributed by atoms with Gasteiger partial charge in [-0.1, -0.05) is 24.3 Å². The second kappa shape index (κ2) is 9.05. The minimum atomic E-state index is -3.66. The van der Waals surface area contributed by atoms with E-state index in [-0.39, 0.29) is 16.7 Å². The number of rotatable bonds is 6. The molecule has 10 heteroatoms. The monoisotopic (exact) mass is 494 g/mol. The third-order valence-electron chi connectivity index (χ3n) is 5.65. The summed E-state index contributed by atoms with van der Waals surface area (Å²) in [5.41, 5.74) is 2.98. The van der Waals surface area contributed by atoms with Crippen molar-refractivity contribution in [3.8, 4) is 11.4 Å². The van der Waals surface area contributed by atoms with Crippen LogP contribution in [0.2, 0.25) is 0 Å². The first kappa shape index (κ1) is 22.3. The number of ether oxygens (including phenoxy) is 1. The number of hydrogen-bond acceptors (Lipinski definition) is 6. The number of carbonyl (C=O) groups excluding carboxylic acids is 1. The van der Waals surface area contributed by atoms with Gasteiger partial charge in [-0.05, 0) is 47.8 Å². The standard InChI is InChI=1S/C24H22N4O4S2/c1-32-19-11-9-17(10-12-19)25-24(29)23-20-16-27(34(30,31)22-8-5-15-33-22)14-13-21(20)26-28(23)18-6-3-2-4-7-18/h2-12,15H,13-14,16H2,1H3,(H,25,29). The van der Waals surface area contributed by atoms with Gasteiger partial charge in [0.15, 0.2) is 0 Å². The van der Waals surface area contributed by atoms with E-state index in [9.17, 15) is 13.2 Å². The van der Waals surface area contributed by atoms with E-state index in [1.807, 2.05) is 30.3 Å². The van der Waals surface area contributed by atoms with Gasteiger partial charge in [0.05, 0.1) is 18.5 Å². The number of methoxy groups -OCH3 is 1. The molecule has 0 unspecified atom stereocenters. The molecule has 0 saturated heterocycles. The summed E-state index contributed by atoms with van der Waals surface area (Å²) < 4.78 is 34.8. The van der Waals surface area contributed by atoms with Gasteiger partial charge in [-0.15, -0.1) is 11.3 Å². The van der Waals surface area contributed by atoms with Crippen molar-refractivity contribution < 1.29 is 17.9 Å². The Bertz CT molecular complexity index is 1410. The van der Waals surface area contributed by atoms with Crippen LogP contribution in [0.5, 0.6) is 5.75 Å². The molecule has 4 aromatic rings. The fourth-order valence-electron chi connectivity index (χ4n) is 3.95. The van der Waals surface area contributed by atoms with Crippen LogP contribution in [0, 0.1) is 0 Å². The highest BCUT2D eigenvalue weighted by Crippen LogP contribution is 2.30. The number of benzene rings is 2. The van der Waals surface area contributed by atoms with Crippen molar-refractivity contribution in [3.05, 3.63) is 89.1 Å². The predicted molar refractivity (Wildman–Crippen MR) is 130 cm³/mol. The molecule has 0 bridgehead atoms. The lowest BCUT2D eigenvalue weighted by Crippen LogP contribution is -2.36. The lowest BCUT2D eigenvalue weighted by Gasteiger charge is -2.25. The molecule has 0 spiro atoms. The highest BCUT2D eigenvalue weighted by molar-refractivity contribution is 7.91. The molecule has 34 heavy (non-hydrogen) atoms. The molecule has 1 aliphatic heterocycles. The van der Waals surface area contributed by atoms with Gasteiger partial charge in [0.1, 0.15) is 15.7 Å². The number of para-hydroxylation sites is 1. The van der Waals surface area contributed by atoms with Gasteiger partial charge < -0.3 is 10.1 Å². The van der Waals surface area contributed by atoms with Crippen LogP contribution in [0.1, 0.15) is 21.7 Å². The molecule has 8 nitrogen and oxygen atoms in total. The maximum atomic E-state index is 13.5. The number of amides is 1. The predicted octanol–water partition coefficient (Wildman–Crippen LogP) is 3.94. The van der Waals surface area contributed by atoms with Crippen LogP contribution in [0.25, 0.3) is 5.69 Å². The second-order valence-corrected chi connectivity index (χ2v) is 10.8. The van der Waals surface area contributed by atoms with E-state index in [0.29, 0.717) is 35.7 Å². The summed E-state index contributed by atoms with van der Waals surface area (Å²) in [5.74, 6) is 0.317. The normalized spacial score (nSPS) is 13.9. The molecule has 2 aromatic heterocycles. The van der Waals surface area contributed by atoms with Gasteiger partial charge in [-0.3, -0.25) is 4.79 Å². The summed E-state index contributed by atoms with van der Waals surface area (Å²) in [4.78, 5) is 13.5. The van der Waals surface area contributed by atoms with Crippen molar-refractivity contribution in [2.75, 3.05) is 19.0 Å². The Hall–Kier alpha value is -3.47. The maximum Gasteiger partial charge on any atom is 0.274 e. The van der Waals surface area contributed by atoms with Crippen molar-refractivity contribution in [1.82, 2.24) is 14.1 Å². The van der Waals surface area contributed by atoms with E-state index in [4.69, 9.17) is 9.84 Å². The summed E-state index contributed by atoms with van der Waals surface area (Å²) in [6, 6.07) is 19.7. The number of fused-ring (bicyclic) bond motifs is 1. The molecule has 0 saturated carbocycles. The molecule has 1 aliphatic rings. The molecular formula is C24H22N4O4S2. The largest absolute Gasteiger partial charge is 0.497 e. The molecule has 0 radical (unpaired) electrons. The number of nitrogens with one attached hydrogen (secondary N) is 1. The molecule has 174 valence electrons. The number of aromatic nitrogens is 2. The van der Waals surface area contributed by atoms with Gasteiger partial charge in [-0.2, -0.15) is 9.40 Å². The van der Waals surface area contributed by atoms with Gasteiger partial charge >= 0.3 is 0 Å². The van der Waals surface area contributed by atoms with Crippen molar-refractivity contribution in [3.63, 3.8) is 0 Å². The van der Waals surface area contributed by atoms with E-state index in [1.165, 1.54) is 15.6 Å². The summed E-state index contributed by atoms with van der Waals surface area (Å²) in [6.07, 6.45) is 0.419. The van der Waals surface area contributed by atoms with Crippen LogP contribution in [0.15, 0.2) is 76.3 Å². The van der Waals surface area contributed by atoms with E-state index >= 15 is 0 Å². The summed E-state index contributed by atoms with van der Waals surface area (Å²) in [7, 11) is -2.08. The minimum absolute atomic E-state index is 0.0771. The number of anilines is 1. The zero-order valence-corrected chi connectivity index (χ0v) is 20.0. The molecule has 2 aromatic carbocycles. The smallest absolute Gasteiger partial charge is 0.274 e. The average Bonchev–Trinajstić information content (AvgIpc) is 3.53. The minimum Gasteiger partial charge on any atom is -0.497 e. The zero-order valence-electron chi connectivity index (χ0n) is 18.3. The number of thiophene rings is 1. The Labute approximate surface area is 201 Å². The number of carbonyl (C=O) groups is 1. The second-order valence-electron chi connectivity index (χ2n) is 7.72. The molecule has 0 aliphatic carbocycles. The average molecular weight is 495 g/mol. The van der Waals surface area contributed by atoms with E-state index in [0.717, 1.165) is 11.4 Å². The molecule has 1 N–H and O–H groups in total.